The fourth-order valence-electron chi connectivity index (χ4n) is 2.86. The summed E-state index contributed by atoms with van der Waals surface area (Å²) >= 11 is 3.32. The minimum atomic E-state index is -3.68. The Balaban J connectivity index is 1.93. The zero-order chi connectivity index (χ0) is 18.7. The van der Waals surface area contributed by atoms with Crippen LogP contribution in [0.3, 0.4) is 0 Å². The van der Waals surface area contributed by atoms with E-state index in [9.17, 15) is 8.42 Å². The largest absolute Gasteiger partial charge is 0.490 e. The van der Waals surface area contributed by atoms with Crippen molar-refractivity contribution in [3.63, 3.8) is 0 Å². The Morgan fingerprint density at radius 1 is 1.04 bits per heavy atom. The van der Waals surface area contributed by atoms with Crippen LogP contribution in [0.15, 0.2) is 51.8 Å². The summed E-state index contributed by atoms with van der Waals surface area (Å²) in [5, 5.41) is 0. The van der Waals surface area contributed by atoms with Gasteiger partial charge in [-0.3, -0.25) is 0 Å². The second-order valence-electron chi connectivity index (χ2n) is 6.53. The van der Waals surface area contributed by atoms with Gasteiger partial charge in [-0.15, -0.1) is 0 Å². The van der Waals surface area contributed by atoms with E-state index in [-0.39, 0.29) is 16.9 Å². The van der Waals surface area contributed by atoms with Crippen molar-refractivity contribution in [2.24, 2.45) is 5.92 Å². The Morgan fingerprint density at radius 2 is 1.73 bits per heavy atom. The van der Waals surface area contributed by atoms with Crippen molar-refractivity contribution in [3.05, 3.63) is 52.5 Å². The van der Waals surface area contributed by atoms with Crippen LogP contribution in [0.25, 0.3) is 0 Å². The van der Waals surface area contributed by atoms with Crippen LogP contribution >= 0.6 is 15.9 Å². The number of sulfonamides is 1. The van der Waals surface area contributed by atoms with Gasteiger partial charge in [0.05, 0.1) is 18.1 Å². The van der Waals surface area contributed by atoms with Gasteiger partial charge in [0, 0.05) is 16.9 Å². The van der Waals surface area contributed by atoms with E-state index in [1.165, 1.54) is 0 Å². The first kappa shape index (κ1) is 19.2. The molecule has 2 aromatic rings. The lowest BCUT2D eigenvalue weighted by molar-refractivity contribution is 0.297. The molecule has 1 aliphatic heterocycles. The molecular formula is C19H22BrNO4S. The Hall–Kier alpha value is -1.57. The molecule has 0 saturated carbocycles. The molecule has 0 saturated heterocycles. The zero-order valence-electron chi connectivity index (χ0n) is 14.7. The topological polar surface area (TPSA) is 64.6 Å². The second kappa shape index (κ2) is 7.98. The van der Waals surface area contributed by atoms with Gasteiger partial charge in [-0.1, -0.05) is 32.0 Å². The molecular weight excluding hydrogens is 418 g/mol. The van der Waals surface area contributed by atoms with E-state index in [2.05, 4.69) is 20.7 Å². The highest BCUT2D eigenvalue weighted by Crippen LogP contribution is 2.35. The molecule has 0 amide bonds. The van der Waals surface area contributed by atoms with E-state index in [0.717, 1.165) is 12.0 Å². The molecule has 7 heteroatoms. The molecule has 1 atom stereocenters. The molecule has 0 radical (unpaired) electrons. The highest BCUT2D eigenvalue weighted by molar-refractivity contribution is 9.10. The molecule has 2 aromatic carbocycles. The molecule has 1 N–H and O–H groups in total. The lowest BCUT2D eigenvalue weighted by Gasteiger charge is -2.24. The van der Waals surface area contributed by atoms with Gasteiger partial charge < -0.3 is 9.47 Å². The summed E-state index contributed by atoms with van der Waals surface area (Å²) in [6.07, 6.45) is 0.826. The van der Waals surface area contributed by atoms with E-state index in [1.54, 1.807) is 24.3 Å². The molecule has 1 aliphatic rings. The summed E-state index contributed by atoms with van der Waals surface area (Å²) < 4.78 is 40.5. The molecule has 0 fully saturated rings. The summed E-state index contributed by atoms with van der Waals surface area (Å²) in [4.78, 5) is 0.222. The minimum Gasteiger partial charge on any atom is -0.490 e. The maximum Gasteiger partial charge on any atom is 0.242 e. The average Bonchev–Trinajstić information content (AvgIpc) is 2.84. The second-order valence-corrected chi connectivity index (χ2v) is 9.07. The van der Waals surface area contributed by atoms with Gasteiger partial charge in [0.15, 0.2) is 11.5 Å². The van der Waals surface area contributed by atoms with Crippen molar-refractivity contribution < 1.29 is 17.9 Å². The van der Waals surface area contributed by atoms with Gasteiger partial charge in [0.2, 0.25) is 10.0 Å². The molecule has 0 bridgehead atoms. The molecule has 1 unspecified atom stereocenters. The van der Waals surface area contributed by atoms with Gasteiger partial charge >= 0.3 is 0 Å². The third-order valence-corrected chi connectivity index (χ3v) is 6.66. The molecule has 0 aromatic heterocycles. The zero-order valence-corrected chi connectivity index (χ0v) is 17.1. The lowest BCUT2D eigenvalue weighted by Crippen LogP contribution is -2.32. The standard InChI is InChI=1S/C19H22BrNO4S/c1-13(2)19(21-26(22,23)18-7-4-3-6-15(18)20)14-8-9-16-17(12-14)25-11-5-10-24-16/h3-4,6-9,12-13,19,21H,5,10-11H2,1-2H3. The SMILES string of the molecule is CC(C)C(NS(=O)(=O)c1ccccc1Br)c1ccc2c(c1)OCCCO2. The van der Waals surface area contributed by atoms with Gasteiger partial charge in [0.1, 0.15) is 0 Å². The number of nitrogens with one attached hydrogen (secondary N) is 1. The first-order valence-electron chi connectivity index (χ1n) is 8.55. The molecule has 5 nitrogen and oxygen atoms in total. The Labute approximate surface area is 162 Å². The van der Waals surface area contributed by atoms with Crippen molar-refractivity contribution in [2.75, 3.05) is 13.2 Å². The molecule has 0 spiro atoms. The normalized spacial score (nSPS) is 15.5. The molecule has 3 rings (SSSR count). The number of hydrogen-bond acceptors (Lipinski definition) is 4. The predicted octanol–water partition coefficient (Wildman–Crippen LogP) is 4.29. The predicted molar refractivity (Wildman–Crippen MR) is 104 cm³/mol. The quantitative estimate of drug-likeness (QED) is 0.754. The van der Waals surface area contributed by atoms with Crippen LogP contribution in [0, 0.1) is 5.92 Å². The fraction of sp³-hybridized carbons (Fsp3) is 0.368. The molecule has 26 heavy (non-hydrogen) atoms. The minimum absolute atomic E-state index is 0.0528. The van der Waals surface area contributed by atoms with Crippen molar-refractivity contribution in [1.82, 2.24) is 4.72 Å². The van der Waals surface area contributed by atoms with Crippen LogP contribution < -0.4 is 14.2 Å². The summed E-state index contributed by atoms with van der Waals surface area (Å²) in [5.74, 6) is 1.41. The summed E-state index contributed by atoms with van der Waals surface area (Å²) in [6.45, 7) is 5.17. The van der Waals surface area contributed by atoms with Gasteiger partial charge in [-0.05, 0) is 51.7 Å². The summed E-state index contributed by atoms with van der Waals surface area (Å²) in [6, 6.07) is 12.0. The summed E-state index contributed by atoms with van der Waals surface area (Å²) in [5.41, 5.74) is 0.847. The van der Waals surface area contributed by atoms with Crippen LogP contribution in [0.2, 0.25) is 0 Å². The third kappa shape index (κ3) is 4.22. The van der Waals surface area contributed by atoms with Crippen LogP contribution in [0.1, 0.15) is 31.9 Å². The van der Waals surface area contributed by atoms with E-state index in [1.807, 2.05) is 32.0 Å². The van der Waals surface area contributed by atoms with E-state index in [0.29, 0.717) is 29.2 Å². The Bertz CT molecular complexity index is 883. The highest BCUT2D eigenvalue weighted by atomic mass is 79.9. The van der Waals surface area contributed by atoms with Crippen LogP contribution in [0.4, 0.5) is 0 Å². The van der Waals surface area contributed by atoms with Crippen molar-refractivity contribution >= 4 is 26.0 Å². The monoisotopic (exact) mass is 439 g/mol. The first-order valence-corrected chi connectivity index (χ1v) is 10.8. The third-order valence-electron chi connectivity index (χ3n) is 4.21. The van der Waals surface area contributed by atoms with Crippen LogP contribution in [0.5, 0.6) is 11.5 Å². The lowest BCUT2D eigenvalue weighted by atomic mass is 9.97. The molecule has 0 aliphatic carbocycles. The molecule has 140 valence electrons. The van der Waals surface area contributed by atoms with Gasteiger partial charge in [0.25, 0.3) is 0 Å². The number of benzene rings is 2. The van der Waals surface area contributed by atoms with Crippen molar-refractivity contribution in [2.45, 2.75) is 31.2 Å². The number of hydrogen-bond donors (Lipinski definition) is 1. The number of fused-ring (bicyclic) bond motifs is 1. The van der Waals surface area contributed by atoms with Crippen LogP contribution in [-0.4, -0.2) is 21.6 Å². The Morgan fingerprint density at radius 3 is 2.42 bits per heavy atom. The number of rotatable bonds is 5. The average molecular weight is 440 g/mol. The fourth-order valence-corrected chi connectivity index (χ4v) is 5.23. The van der Waals surface area contributed by atoms with Gasteiger partial charge in [-0.2, -0.15) is 0 Å². The van der Waals surface area contributed by atoms with Crippen molar-refractivity contribution in [1.29, 1.82) is 0 Å². The van der Waals surface area contributed by atoms with Crippen molar-refractivity contribution in [3.8, 4) is 11.5 Å². The summed E-state index contributed by atoms with van der Waals surface area (Å²) in [7, 11) is -3.68. The first-order chi connectivity index (χ1) is 12.4. The maximum atomic E-state index is 12.9. The van der Waals surface area contributed by atoms with Gasteiger partial charge in [-0.25, -0.2) is 13.1 Å². The maximum absolute atomic E-state index is 12.9. The van der Waals surface area contributed by atoms with E-state index >= 15 is 0 Å². The smallest absolute Gasteiger partial charge is 0.242 e. The van der Waals surface area contributed by atoms with E-state index in [4.69, 9.17) is 9.47 Å². The Kier molecular flexibility index (Phi) is 5.89. The highest BCUT2D eigenvalue weighted by Gasteiger charge is 2.26. The molecule has 1 heterocycles. The number of ether oxygens (including phenoxy) is 2. The van der Waals surface area contributed by atoms with E-state index < -0.39 is 10.0 Å². The number of halogens is 1. The van der Waals surface area contributed by atoms with Crippen LogP contribution in [-0.2, 0) is 10.0 Å².